The minimum absolute atomic E-state index is 0.0727. The number of nitrogens with one attached hydrogen (secondary N) is 1. The Morgan fingerprint density at radius 1 is 1.41 bits per heavy atom. The molecule has 0 spiro atoms. The Kier molecular flexibility index (Phi) is 3.75. The fraction of sp³-hybridized carbons (Fsp3) is 0.0909. The van der Waals surface area contributed by atoms with E-state index in [0.717, 1.165) is 4.47 Å². The third-order valence-corrected chi connectivity index (χ3v) is 3.87. The first-order chi connectivity index (χ1) is 8.18. The molecule has 4 nitrogen and oxygen atoms in total. The van der Waals surface area contributed by atoms with E-state index in [1.54, 1.807) is 23.6 Å². The van der Waals surface area contributed by atoms with Gasteiger partial charge >= 0.3 is 0 Å². The molecule has 0 aliphatic carbocycles. The van der Waals surface area contributed by atoms with Crippen molar-refractivity contribution in [1.82, 2.24) is 5.32 Å². The third-order valence-electron chi connectivity index (χ3n) is 2.03. The van der Waals surface area contributed by atoms with Crippen LogP contribution in [0.1, 0.15) is 20.2 Å². The predicted octanol–water partition coefficient (Wildman–Crippen LogP) is 2.72. The fourth-order valence-corrected chi connectivity index (χ4v) is 2.69. The Balaban J connectivity index is 1.93. The Morgan fingerprint density at radius 2 is 2.24 bits per heavy atom. The molecule has 2 rings (SSSR count). The van der Waals surface area contributed by atoms with Gasteiger partial charge in [-0.05, 0) is 39.5 Å². The molecule has 88 valence electrons. The lowest BCUT2D eigenvalue weighted by molar-refractivity contribution is 0.0894. The zero-order valence-corrected chi connectivity index (χ0v) is 11.0. The average Bonchev–Trinajstić information content (AvgIpc) is 2.95. The first-order valence-corrected chi connectivity index (χ1v) is 6.43. The summed E-state index contributed by atoms with van der Waals surface area (Å²) in [6.45, 7) is -0.0727. The number of hydrogen-bond acceptors (Lipinski definition) is 4. The van der Waals surface area contributed by atoms with Crippen molar-refractivity contribution in [3.63, 3.8) is 0 Å². The van der Waals surface area contributed by atoms with Crippen LogP contribution in [0, 0.1) is 0 Å². The SMILES string of the molecule is O=C(CNC(=O)c1sccc1Br)c1ccco1. The molecule has 0 radical (unpaired) electrons. The second-order valence-electron chi connectivity index (χ2n) is 3.18. The molecule has 2 aromatic rings. The maximum Gasteiger partial charge on any atom is 0.262 e. The van der Waals surface area contributed by atoms with Crippen molar-refractivity contribution >= 4 is 39.0 Å². The Bertz CT molecular complexity index is 533. The van der Waals surface area contributed by atoms with Gasteiger partial charge in [0.2, 0.25) is 5.78 Å². The van der Waals surface area contributed by atoms with Gasteiger partial charge in [-0.3, -0.25) is 9.59 Å². The normalized spacial score (nSPS) is 10.2. The van der Waals surface area contributed by atoms with E-state index in [9.17, 15) is 9.59 Å². The smallest absolute Gasteiger partial charge is 0.262 e. The van der Waals surface area contributed by atoms with Crippen molar-refractivity contribution in [3.8, 4) is 0 Å². The van der Waals surface area contributed by atoms with Gasteiger partial charge in [-0.1, -0.05) is 0 Å². The van der Waals surface area contributed by atoms with Crippen LogP contribution in [0.5, 0.6) is 0 Å². The second-order valence-corrected chi connectivity index (χ2v) is 4.95. The number of ketones is 1. The zero-order valence-electron chi connectivity index (χ0n) is 8.60. The Labute approximate surface area is 110 Å². The molecule has 0 bridgehead atoms. The summed E-state index contributed by atoms with van der Waals surface area (Å²) in [5, 5.41) is 4.34. The van der Waals surface area contributed by atoms with Crippen molar-refractivity contribution in [2.75, 3.05) is 6.54 Å². The summed E-state index contributed by atoms with van der Waals surface area (Å²) in [6.07, 6.45) is 1.42. The number of carbonyl (C=O) groups is 2. The maximum absolute atomic E-state index is 11.7. The first-order valence-electron chi connectivity index (χ1n) is 4.76. The Hall–Kier alpha value is -1.40. The van der Waals surface area contributed by atoms with Crippen LogP contribution in [-0.2, 0) is 0 Å². The lowest BCUT2D eigenvalue weighted by Gasteiger charge is -2.01. The summed E-state index contributed by atoms with van der Waals surface area (Å²) in [6, 6.07) is 4.98. The number of furan rings is 1. The minimum Gasteiger partial charge on any atom is -0.461 e. The highest BCUT2D eigenvalue weighted by Gasteiger charge is 2.14. The zero-order chi connectivity index (χ0) is 12.3. The Morgan fingerprint density at radius 3 is 2.82 bits per heavy atom. The van der Waals surface area contributed by atoms with E-state index in [1.807, 2.05) is 0 Å². The number of amides is 1. The third kappa shape index (κ3) is 2.83. The van der Waals surface area contributed by atoms with Crippen LogP contribution < -0.4 is 5.32 Å². The number of halogens is 1. The van der Waals surface area contributed by atoms with E-state index in [0.29, 0.717) is 4.88 Å². The summed E-state index contributed by atoms with van der Waals surface area (Å²) in [7, 11) is 0. The topological polar surface area (TPSA) is 59.3 Å². The van der Waals surface area contributed by atoms with Gasteiger partial charge < -0.3 is 9.73 Å². The highest BCUT2D eigenvalue weighted by atomic mass is 79.9. The van der Waals surface area contributed by atoms with Crippen LogP contribution in [0.4, 0.5) is 0 Å². The largest absolute Gasteiger partial charge is 0.461 e. The van der Waals surface area contributed by atoms with Crippen LogP contribution >= 0.6 is 27.3 Å². The molecule has 0 atom stereocenters. The van der Waals surface area contributed by atoms with E-state index in [1.165, 1.54) is 17.6 Å². The van der Waals surface area contributed by atoms with Gasteiger partial charge in [0.15, 0.2) is 5.76 Å². The summed E-state index contributed by atoms with van der Waals surface area (Å²) in [5.74, 6) is -0.279. The summed E-state index contributed by atoms with van der Waals surface area (Å²) in [4.78, 5) is 23.8. The molecular formula is C11H8BrNO3S. The van der Waals surface area contributed by atoms with Gasteiger partial charge in [0.1, 0.15) is 4.88 Å². The molecule has 1 amide bonds. The molecule has 2 aromatic heterocycles. The standard InChI is InChI=1S/C11H8BrNO3S/c12-7-3-5-17-10(7)11(15)13-6-8(14)9-2-1-4-16-9/h1-5H,6H2,(H,13,15). The van der Waals surface area contributed by atoms with Gasteiger partial charge in [0.05, 0.1) is 12.8 Å². The summed E-state index contributed by atoms with van der Waals surface area (Å²) in [5.41, 5.74) is 0. The van der Waals surface area contributed by atoms with Crippen LogP contribution in [-0.4, -0.2) is 18.2 Å². The van der Waals surface area contributed by atoms with Gasteiger partial charge in [0.25, 0.3) is 5.91 Å². The van der Waals surface area contributed by atoms with E-state index >= 15 is 0 Å². The molecule has 0 saturated heterocycles. The van der Waals surface area contributed by atoms with E-state index in [-0.39, 0.29) is 24.0 Å². The van der Waals surface area contributed by atoms with Crippen molar-refractivity contribution in [2.45, 2.75) is 0 Å². The fourth-order valence-electron chi connectivity index (χ4n) is 1.22. The summed E-state index contributed by atoms with van der Waals surface area (Å²) >= 11 is 4.57. The predicted molar refractivity (Wildman–Crippen MR) is 67.4 cm³/mol. The van der Waals surface area contributed by atoms with Crippen molar-refractivity contribution in [2.24, 2.45) is 0 Å². The summed E-state index contributed by atoms with van der Waals surface area (Å²) < 4.78 is 5.66. The van der Waals surface area contributed by atoms with Crippen LogP contribution in [0.2, 0.25) is 0 Å². The van der Waals surface area contributed by atoms with Crippen LogP contribution in [0.25, 0.3) is 0 Å². The van der Waals surface area contributed by atoms with Gasteiger partial charge in [-0.15, -0.1) is 11.3 Å². The molecule has 2 heterocycles. The maximum atomic E-state index is 11.7. The average molecular weight is 314 g/mol. The van der Waals surface area contributed by atoms with Gasteiger partial charge in [-0.2, -0.15) is 0 Å². The number of hydrogen-bond donors (Lipinski definition) is 1. The van der Waals surface area contributed by atoms with E-state index < -0.39 is 0 Å². The molecule has 17 heavy (non-hydrogen) atoms. The second kappa shape index (κ2) is 5.29. The lowest BCUT2D eigenvalue weighted by atomic mass is 10.3. The van der Waals surface area contributed by atoms with Crippen LogP contribution in [0.3, 0.4) is 0 Å². The molecule has 0 aliphatic rings. The van der Waals surface area contributed by atoms with Crippen molar-refractivity contribution in [1.29, 1.82) is 0 Å². The monoisotopic (exact) mass is 313 g/mol. The molecule has 0 aliphatic heterocycles. The number of Topliss-reactive ketones (excluding diaryl/α,β-unsaturated/α-hetero) is 1. The van der Waals surface area contributed by atoms with Gasteiger partial charge in [-0.25, -0.2) is 0 Å². The highest BCUT2D eigenvalue weighted by Crippen LogP contribution is 2.22. The molecule has 0 aromatic carbocycles. The van der Waals surface area contributed by atoms with E-state index in [4.69, 9.17) is 4.42 Å². The highest BCUT2D eigenvalue weighted by molar-refractivity contribution is 9.10. The van der Waals surface area contributed by atoms with Crippen molar-refractivity contribution < 1.29 is 14.0 Å². The molecule has 0 fully saturated rings. The number of rotatable bonds is 4. The molecule has 1 N–H and O–H groups in total. The molecule has 0 saturated carbocycles. The first kappa shape index (κ1) is 12.1. The number of thiophene rings is 1. The molecule has 0 unspecified atom stereocenters. The lowest BCUT2D eigenvalue weighted by Crippen LogP contribution is -2.28. The van der Waals surface area contributed by atoms with Crippen molar-refractivity contribution in [3.05, 3.63) is 45.0 Å². The number of carbonyl (C=O) groups excluding carboxylic acids is 2. The molecular weight excluding hydrogens is 306 g/mol. The van der Waals surface area contributed by atoms with Crippen LogP contribution in [0.15, 0.2) is 38.7 Å². The van der Waals surface area contributed by atoms with Gasteiger partial charge in [0, 0.05) is 4.47 Å². The molecule has 6 heteroatoms. The quantitative estimate of drug-likeness (QED) is 0.883. The van der Waals surface area contributed by atoms with E-state index in [2.05, 4.69) is 21.2 Å². The minimum atomic E-state index is -0.271.